The lowest BCUT2D eigenvalue weighted by Gasteiger charge is -2.24. The zero-order valence-corrected chi connectivity index (χ0v) is 12.9. The monoisotopic (exact) mass is 286 g/mol. The van der Waals surface area contributed by atoms with Crippen LogP contribution in [0.4, 0.5) is 4.79 Å². The molecule has 1 aliphatic heterocycles. The number of rotatable bonds is 6. The van der Waals surface area contributed by atoms with Crippen LogP contribution < -0.4 is 5.32 Å². The fraction of sp³-hybridized carbons (Fsp3) is 0.857. The summed E-state index contributed by atoms with van der Waals surface area (Å²) in [7, 11) is 1.67. The van der Waals surface area contributed by atoms with Gasteiger partial charge < -0.3 is 20.1 Å². The molecular weight excluding hydrogens is 260 g/mol. The third kappa shape index (κ3) is 4.37. The smallest absolute Gasteiger partial charge is 0.317 e. The molecule has 6 heteroatoms. The van der Waals surface area contributed by atoms with Crippen LogP contribution in [0, 0.1) is 10.8 Å². The number of methoxy groups -OCH3 is 1. The van der Waals surface area contributed by atoms with Crippen LogP contribution in [0.25, 0.3) is 0 Å². The quantitative estimate of drug-likeness (QED) is 0.776. The van der Waals surface area contributed by atoms with Crippen molar-refractivity contribution < 1.29 is 19.4 Å². The second kappa shape index (κ2) is 6.43. The Hall–Kier alpha value is -1.30. The van der Waals surface area contributed by atoms with E-state index in [1.54, 1.807) is 25.9 Å². The van der Waals surface area contributed by atoms with Crippen LogP contribution in [0.1, 0.15) is 33.6 Å². The fourth-order valence-electron chi connectivity index (χ4n) is 2.36. The normalized spacial score (nSPS) is 22.9. The molecule has 0 radical (unpaired) electrons. The standard InChI is InChI=1S/C14H26N2O4/c1-13(2,11(17)18)5-7-15-12(19)16-8-6-14(3,9-16)10-20-4/h5-10H2,1-4H3,(H,15,19)(H,17,18). The van der Waals surface area contributed by atoms with Crippen molar-refractivity contribution in [3.63, 3.8) is 0 Å². The van der Waals surface area contributed by atoms with Crippen molar-refractivity contribution in [2.75, 3.05) is 33.4 Å². The molecule has 2 N–H and O–H groups in total. The fourth-order valence-corrected chi connectivity index (χ4v) is 2.36. The first kappa shape index (κ1) is 16.8. The van der Waals surface area contributed by atoms with Crippen molar-refractivity contribution >= 4 is 12.0 Å². The Morgan fingerprint density at radius 3 is 2.65 bits per heavy atom. The molecule has 1 fully saturated rings. The summed E-state index contributed by atoms with van der Waals surface area (Å²) in [5, 5.41) is 11.8. The van der Waals surface area contributed by atoms with Crippen LogP contribution >= 0.6 is 0 Å². The van der Waals surface area contributed by atoms with E-state index in [0.29, 0.717) is 32.7 Å². The van der Waals surface area contributed by atoms with Crippen LogP contribution in [0.5, 0.6) is 0 Å². The van der Waals surface area contributed by atoms with Gasteiger partial charge in [0, 0.05) is 32.2 Å². The lowest BCUT2D eigenvalue weighted by atomic mass is 9.90. The summed E-state index contributed by atoms with van der Waals surface area (Å²) in [4.78, 5) is 24.8. The molecule has 0 aromatic rings. The highest BCUT2D eigenvalue weighted by molar-refractivity contribution is 5.75. The second-order valence-corrected chi connectivity index (χ2v) is 6.59. The summed E-state index contributed by atoms with van der Waals surface area (Å²) in [5.74, 6) is -0.847. The molecule has 0 aromatic carbocycles. The minimum absolute atomic E-state index is 0.0203. The number of amides is 2. The van der Waals surface area contributed by atoms with Crippen molar-refractivity contribution in [3.05, 3.63) is 0 Å². The average molecular weight is 286 g/mol. The minimum atomic E-state index is -0.847. The lowest BCUT2D eigenvalue weighted by molar-refractivity contribution is -0.147. The number of nitrogens with zero attached hydrogens (tertiary/aromatic N) is 1. The van der Waals surface area contributed by atoms with Crippen molar-refractivity contribution in [1.82, 2.24) is 10.2 Å². The van der Waals surface area contributed by atoms with Crippen LogP contribution in [0.2, 0.25) is 0 Å². The summed E-state index contributed by atoms with van der Waals surface area (Å²) < 4.78 is 5.19. The molecule has 1 atom stereocenters. The van der Waals surface area contributed by atoms with Crippen LogP contribution in [-0.4, -0.2) is 55.4 Å². The SMILES string of the molecule is COCC1(C)CCN(C(=O)NCCC(C)(C)C(=O)O)C1. The maximum Gasteiger partial charge on any atom is 0.317 e. The van der Waals surface area contributed by atoms with Gasteiger partial charge in [-0.3, -0.25) is 4.79 Å². The molecule has 6 nitrogen and oxygen atoms in total. The maximum absolute atomic E-state index is 12.0. The van der Waals surface area contributed by atoms with E-state index in [0.717, 1.165) is 6.42 Å². The Labute approximate surface area is 120 Å². The predicted molar refractivity (Wildman–Crippen MR) is 75.6 cm³/mol. The van der Waals surface area contributed by atoms with Gasteiger partial charge in [-0.15, -0.1) is 0 Å². The molecule has 0 aromatic heterocycles. The number of carbonyl (C=O) groups excluding carboxylic acids is 1. The van der Waals surface area contributed by atoms with Gasteiger partial charge in [0.15, 0.2) is 0 Å². The van der Waals surface area contributed by atoms with E-state index in [9.17, 15) is 9.59 Å². The lowest BCUT2D eigenvalue weighted by Crippen LogP contribution is -2.41. The summed E-state index contributed by atoms with van der Waals surface area (Å²) in [6.07, 6.45) is 1.34. The van der Waals surface area contributed by atoms with Gasteiger partial charge >= 0.3 is 12.0 Å². The van der Waals surface area contributed by atoms with E-state index in [-0.39, 0.29) is 11.4 Å². The van der Waals surface area contributed by atoms with E-state index in [1.165, 1.54) is 0 Å². The topological polar surface area (TPSA) is 78.9 Å². The summed E-state index contributed by atoms with van der Waals surface area (Å²) >= 11 is 0. The first-order valence-corrected chi connectivity index (χ1v) is 6.95. The Morgan fingerprint density at radius 2 is 2.10 bits per heavy atom. The van der Waals surface area contributed by atoms with E-state index in [2.05, 4.69) is 12.2 Å². The molecular formula is C14H26N2O4. The van der Waals surface area contributed by atoms with Gasteiger partial charge in [-0.1, -0.05) is 6.92 Å². The molecule has 1 heterocycles. The molecule has 0 bridgehead atoms. The largest absolute Gasteiger partial charge is 0.481 e. The number of ether oxygens (including phenoxy) is 1. The number of hydrogen-bond acceptors (Lipinski definition) is 3. The Balaban J connectivity index is 2.36. The van der Waals surface area contributed by atoms with Gasteiger partial charge in [0.1, 0.15) is 0 Å². The molecule has 20 heavy (non-hydrogen) atoms. The van der Waals surface area contributed by atoms with Crippen LogP contribution in [0.3, 0.4) is 0 Å². The number of hydrogen-bond donors (Lipinski definition) is 2. The number of urea groups is 1. The van der Waals surface area contributed by atoms with Crippen LogP contribution in [-0.2, 0) is 9.53 Å². The van der Waals surface area contributed by atoms with E-state index >= 15 is 0 Å². The Kier molecular flexibility index (Phi) is 5.39. The molecule has 0 saturated carbocycles. The first-order chi connectivity index (χ1) is 9.20. The van der Waals surface area contributed by atoms with Gasteiger partial charge in [-0.25, -0.2) is 4.79 Å². The number of aliphatic carboxylic acids is 1. The first-order valence-electron chi connectivity index (χ1n) is 6.95. The summed E-state index contributed by atoms with van der Waals surface area (Å²) in [5.41, 5.74) is -0.796. The third-order valence-corrected chi connectivity index (χ3v) is 3.94. The van der Waals surface area contributed by atoms with Crippen LogP contribution in [0.15, 0.2) is 0 Å². The highest BCUT2D eigenvalue weighted by atomic mass is 16.5. The zero-order chi connectivity index (χ0) is 15.4. The molecule has 1 rings (SSSR count). The molecule has 0 spiro atoms. The number of carboxylic acid groups (broad SMARTS) is 1. The summed E-state index contributed by atoms with van der Waals surface area (Å²) in [6.45, 7) is 7.83. The number of likely N-dealkylation sites (tertiary alicyclic amines) is 1. The number of carboxylic acids is 1. The van der Waals surface area contributed by atoms with Crippen molar-refractivity contribution in [3.8, 4) is 0 Å². The molecule has 1 aliphatic rings. The zero-order valence-electron chi connectivity index (χ0n) is 12.9. The number of carbonyl (C=O) groups is 2. The Morgan fingerprint density at radius 1 is 1.45 bits per heavy atom. The van der Waals surface area contributed by atoms with E-state index in [1.807, 2.05) is 0 Å². The van der Waals surface area contributed by atoms with Gasteiger partial charge in [0.25, 0.3) is 0 Å². The molecule has 1 saturated heterocycles. The maximum atomic E-state index is 12.0. The third-order valence-electron chi connectivity index (χ3n) is 3.94. The van der Waals surface area contributed by atoms with Gasteiger partial charge in [-0.2, -0.15) is 0 Å². The highest BCUT2D eigenvalue weighted by Gasteiger charge is 2.36. The Bertz CT molecular complexity index is 370. The van der Waals surface area contributed by atoms with Crippen molar-refractivity contribution in [1.29, 1.82) is 0 Å². The highest BCUT2D eigenvalue weighted by Crippen LogP contribution is 2.30. The predicted octanol–water partition coefficient (Wildman–Crippen LogP) is 1.56. The molecule has 2 amide bonds. The van der Waals surface area contributed by atoms with Crippen molar-refractivity contribution in [2.45, 2.75) is 33.6 Å². The molecule has 116 valence electrons. The molecule has 1 unspecified atom stereocenters. The second-order valence-electron chi connectivity index (χ2n) is 6.59. The molecule has 0 aliphatic carbocycles. The minimum Gasteiger partial charge on any atom is -0.481 e. The van der Waals surface area contributed by atoms with Gasteiger partial charge in [0.2, 0.25) is 0 Å². The van der Waals surface area contributed by atoms with Crippen molar-refractivity contribution in [2.24, 2.45) is 10.8 Å². The number of nitrogens with one attached hydrogen (secondary N) is 1. The van der Waals surface area contributed by atoms with E-state index < -0.39 is 11.4 Å². The van der Waals surface area contributed by atoms with Gasteiger partial charge in [-0.05, 0) is 26.7 Å². The summed E-state index contributed by atoms with van der Waals surface area (Å²) in [6, 6.07) is -0.119. The van der Waals surface area contributed by atoms with E-state index in [4.69, 9.17) is 9.84 Å². The average Bonchev–Trinajstić information content (AvgIpc) is 2.71. The van der Waals surface area contributed by atoms with Gasteiger partial charge in [0.05, 0.1) is 12.0 Å².